The van der Waals surface area contributed by atoms with Crippen LogP contribution in [0.15, 0.2) is 30.6 Å². The molecular weight excluding hydrogens is 238 g/mol. The van der Waals surface area contributed by atoms with E-state index in [1.807, 2.05) is 12.4 Å². The molecule has 0 aliphatic heterocycles. The smallest absolute Gasteiger partial charge is 0.141 e. The molecule has 0 aliphatic carbocycles. The molecule has 3 rings (SSSR count). The minimum atomic E-state index is 1.04. The fraction of sp³-hybridized carbons (Fsp3) is 0. The lowest BCUT2D eigenvalue weighted by atomic mass is 9.61. The molecule has 0 spiro atoms. The molecule has 92 valence electrons. The summed E-state index contributed by atoms with van der Waals surface area (Å²) in [5.74, 6) is 0. The monoisotopic (exact) mass is 254 g/mol. The van der Waals surface area contributed by atoms with E-state index in [0.717, 1.165) is 5.52 Å². The molecule has 0 saturated carbocycles. The van der Waals surface area contributed by atoms with Gasteiger partial charge in [-0.1, -0.05) is 34.0 Å². The van der Waals surface area contributed by atoms with Crippen LogP contribution in [0.4, 0.5) is 0 Å². The molecule has 1 heterocycles. The molecular formula is C13H15B5N2. The summed E-state index contributed by atoms with van der Waals surface area (Å²) in [6.07, 6.45) is 1.94. The van der Waals surface area contributed by atoms with E-state index in [9.17, 15) is 0 Å². The highest BCUT2D eigenvalue weighted by molar-refractivity contribution is 6.68. The summed E-state index contributed by atoms with van der Waals surface area (Å²) in [6.45, 7) is 0. The predicted octanol–water partition coefficient (Wildman–Crippen LogP) is -5.68. The minimum Gasteiger partial charge on any atom is -0.300 e. The number of hydrogen-bond acceptors (Lipinski definition) is 1. The first-order valence-corrected chi connectivity index (χ1v) is 7.01. The van der Waals surface area contributed by atoms with Crippen LogP contribution in [0.5, 0.6) is 0 Å². The lowest BCUT2D eigenvalue weighted by Gasteiger charge is -2.21. The average molecular weight is 253 g/mol. The largest absolute Gasteiger partial charge is 0.300 e. The third-order valence-electron chi connectivity index (χ3n) is 4.65. The van der Waals surface area contributed by atoms with Crippen molar-refractivity contribution in [1.82, 2.24) is 9.55 Å². The minimum absolute atomic E-state index is 1.04. The molecule has 0 saturated heterocycles. The molecule has 3 aromatic rings. The topological polar surface area (TPSA) is 17.8 Å². The molecule has 0 unspecified atom stereocenters. The number of nitrogens with zero attached hydrogens (tertiary/aromatic N) is 2. The van der Waals surface area contributed by atoms with Crippen LogP contribution in [0.1, 0.15) is 0 Å². The van der Waals surface area contributed by atoms with Crippen LogP contribution in [0.25, 0.3) is 16.7 Å². The lowest BCUT2D eigenvalue weighted by Crippen LogP contribution is -2.56. The van der Waals surface area contributed by atoms with Gasteiger partial charge in [0.05, 0.1) is 11.0 Å². The summed E-state index contributed by atoms with van der Waals surface area (Å²) in [4.78, 5) is 4.52. The van der Waals surface area contributed by atoms with Crippen molar-refractivity contribution in [3.8, 4) is 5.69 Å². The molecule has 0 amide bonds. The van der Waals surface area contributed by atoms with Crippen molar-refractivity contribution in [3.05, 3.63) is 30.6 Å². The van der Waals surface area contributed by atoms with E-state index in [1.165, 1.54) is 38.5 Å². The number of rotatable bonds is 1. The van der Waals surface area contributed by atoms with Crippen molar-refractivity contribution in [2.24, 2.45) is 0 Å². The molecule has 0 atom stereocenters. The van der Waals surface area contributed by atoms with Crippen LogP contribution in [0.3, 0.4) is 0 Å². The van der Waals surface area contributed by atoms with E-state index in [0.29, 0.717) is 0 Å². The number of benzene rings is 2. The van der Waals surface area contributed by atoms with E-state index >= 15 is 0 Å². The summed E-state index contributed by atoms with van der Waals surface area (Å²) in [6, 6.07) is 8.29. The zero-order valence-electron chi connectivity index (χ0n) is 12.8. The molecule has 2 aromatic carbocycles. The summed E-state index contributed by atoms with van der Waals surface area (Å²) < 4.78 is 2.22. The third kappa shape index (κ3) is 1.76. The van der Waals surface area contributed by atoms with Crippen molar-refractivity contribution < 1.29 is 0 Å². The quantitative estimate of drug-likeness (QED) is 0.395. The summed E-state index contributed by atoms with van der Waals surface area (Å²) in [7, 11) is 11.0. The molecule has 0 aliphatic rings. The Labute approximate surface area is 124 Å². The van der Waals surface area contributed by atoms with Gasteiger partial charge in [0.1, 0.15) is 45.6 Å². The second kappa shape index (κ2) is 4.66. The van der Waals surface area contributed by atoms with Crippen molar-refractivity contribution in [2.75, 3.05) is 0 Å². The number of imidazole rings is 1. The Kier molecular flexibility index (Phi) is 3.08. The Morgan fingerprint density at radius 1 is 0.750 bits per heavy atom. The molecule has 1 aromatic heterocycles. The number of fused-ring (bicyclic) bond motifs is 1. The second-order valence-corrected chi connectivity index (χ2v) is 5.58. The maximum atomic E-state index is 4.52. The van der Waals surface area contributed by atoms with Crippen LogP contribution in [-0.2, 0) is 0 Å². The summed E-state index contributed by atoms with van der Waals surface area (Å²) >= 11 is 0. The highest BCUT2D eigenvalue weighted by Crippen LogP contribution is 2.14. The van der Waals surface area contributed by atoms with Gasteiger partial charge in [-0.15, -0.1) is 5.46 Å². The molecule has 7 heteroatoms. The summed E-state index contributed by atoms with van der Waals surface area (Å²) in [5.41, 5.74) is 10.3. The maximum absolute atomic E-state index is 4.52. The van der Waals surface area contributed by atoms with Crippen LogP contribution in [0.2, 0.25) is 0 Å². The average Bonchev–Trinajstić information content (AvgIpc) is 2.87. The number of aromatic nitrogens is 2. The van der Waals surface area contributed by atoms with Crippen molar-refractivity contribution >= 4 is 77.6 Å². The molecule has 0 radical (unpaired) electrons. The Morgan fingerprint density at radius 3 is 1.95 bits per heavy atom. The highest BCUT2D eigenvalue weighted by atomic mass is 15.0. The Bertz CT molecular complexity index is 796. The van der Waals surface area contributed by atoms with E-state index in [2.05, 4.69) is 67.0 Å². The zero-order chi connectivity index (χ0) is 14.4. The van der Waals surface area contributed by atoms with Gasteiger partial charge in [-0.05, 0) is 12.1 Å². The normalized spacial score (nSPS) is 11.0. The molecule has 0 bridgehead atoms. The van der Waals surface area contributed by atoms with E-state index in [1.54, 1.807) is 0 Å². The van der Waals surface area contributed by atoms with Crippen LogP contribution < -0.4 is 27.3 Å². The fourth-order valence-electron chi connectivity index (χ4n) is 2.98. The first kappa shape index (κ1) is 13.2. The van der Waals surface area contributed by atoms with Crippen LogP contribution in [0, 0.1) is 0 Å². The predicted molar refractivity (Wildman–Crippen MR) is 102 cm³/mol. The highest BCUT2D eigenvalue weighted by Gasteiger charge is 2.14. The Balaban J connectivity index is 2.41. The molecule has 0 fully saturated rings. The van der Waals surface area contributed by atoms with E-state index in [4.69, 9.17) is 0 Å². The standard InChI is InChI=1S/C13H15B5N2/c14-8-9(15)11(17)13(12(18)10(8)16)20-5-19-6-3-1-2-4-7(6)20/h1-5H,14-18H2. The van der Waals surface area contributed by atoms with Gasteiger partial charge >= 0.3 is 0 Å². The molecule has 2 nitrogen and oxygen atoms in total. The number of hydrogen-bond donors (Lipinski definition) is 0. The van der Waals surface area contributed by atoms with Crippen molar-refractivity contribution in [1.29, 1.82) is 0 Å². The van der Waals surface area contributed by atoms with Crippen molar-refractivity contribution in [3.63, 3.8) is 0 Å². The van der Waals surface area contributed by atoms with E-state index < -0.39 is 0 Å². The van der Waals surface area contributed by atoms with E-state index in [-0.39, 0.29) is 0 Å². The second-order valence-electron chi connectivity index (χ2n) is 5.58. The van der Waals surface area contributed by atoms with Gasteiger partial charge in [0.2, 0.25) is 0 Å². The maximum Gasteiger partial charge on any atom is 0.141 e. The van der Waals surface area contributed by atoms with Crippen molar-refractivity contribution in [2.45, 2.75) is 0 Å². The van der Waals surface area contributed by atoms with Gasteiger partial charge in [0.15, 0.2) is 0 Å². The van der Waals surface area contributed by atoms with Gasteiger partial charge in [0.25, 0.3) is 0 Å². The van der Waals surface area contributed by atoms with Gasteiger partial charge in [-0.2, -0.15) is 0 Å². The number of para-hydroxylation sites is 2. The van der Waals surface area contributed by atoms with Gasteiger partial charge < -0.3 is 4.57 Å². The Hall–Kier alpha value is -1.77. The first-order chi connectivity index (χ1) is 9.52. The van der Waals surface area contributed by atoms with Gasteiger partial charge in [-0.25, -0.2) is 4.98 Å². The van der Waals surface area contributed by atoms with Crippen LogP contribution in [-0.4, -0.2) is 48.8 Å². The lowest BCUT2D eigenvalue weighted by molar-refractivity contribution is 1.11. The SMILES string of the molecule is Bc1c(B)c(B)c(-n2cnc3ccccc32)c(B)c1B. The fourth-order valence-corrected chi connectivity index (χ4v) is 2.98. The molecule has 20 heavy (non-hydrogen) atoms. The molecule has 0 N–H and O–H groups in total. The Morgan fingerprint density at radius 2 is 1.30 bits per heavy atom. The first-order valence-electron chi connectivity index (χ1n) is 7.01. The van der Waals surface area contributed by atoms with Crippen LogP contribution >= 0.6 is 0 Å². The summed E-state index contributed by atoms with van der Waals surface area (Å²) in [5, 5.41) is 0. The zero-order valence-corrected chi connectivity index (χ0v) is 12.8. The van der Waals surface area contributed by atoms with Gasteiger partial charge in [0, 0.05) is 5.69 Å². The third-order valence-corrected chi connectivity index (χ3v) is 4.65. The van der Waals surface area contributed by atoms with Gasteiger partial charge in [-0.3, -0.25) is 0 Å².